The molecule has 0 heterocycles. The normalized spacial score (nSPS) is 11.5. The minimum atomic E-state index is 0.516. The Bertz CT molecular complexity index is 320. The zero-order chi connectivity index (χ0) is 9.84. The Hall–Kier alpha value is -0.780. The highest BCUT2D eigenvalue weighted by Gasteiger charge is 1.95. The van der Waals surface area contributed by atoms with Crippen LogP contribution in [0.15, 0.2) is 29.3 Å². The number of guanidine groups is 1. The van der Waals surface area contributed by atoms with Gasteiger partial charge in [0.15, 0.2) is 5.96 Å². The van der Waals surface area contributed by atoms with Crippen molar-refractivity contribution in [2.75, 3.05) is 14.1 Å². The van der Waals surface area contributed by atoms with Crippen LogP contribution in [0.4, 0.5) is 5.69 Å². The second-order valence-electron chi connectivity index (χ2n) is 2.84. The van der Waals surface area contributed by atoms with Crippen LogP contribution in [0.5, 0.6) is 0 Å². The molecule has 0 unspecified atom stereocenters. The molecule has 0 radical (unpaired) electrons. The minimum Gasteiger partial charge on any atom is -0.370 e. The maximum Gasteiger partial charge on any atom is 0.195 e. The molecule has 0 fully saturated rings. The molecule has 0 aliphatic carbocycles. The van der Waals surface area contributed by atoms with E-state index >= 15 is 0 Å². The van der Waals surface area contributed by atoms with Crippen molar-refractivity contribution in [1.82, 2.24) is 4.90 Å². The summed E-state index contributed by atoms with van der Waals surface area (Å²) in [6.07, 6.45) is 0. The van der Waals surface area contributed by atoms with Gasteiger partial charge in [-0.05, 0) is 40.8 Å². The molecule has 70 valence electrons. The van der Waals surface area contributed by atoms with E-state index in [2.05, 4.69) is 27.6 Å². The molecule has 0 spiro atoms. The summed E-state index contributed by atoms with van der Waals surface area (Å²) in [5, 5.41) is 0. The van der Waals surface area contributed by atoms with E-state index in [0.717, 1.165) is 9.26 Å². The molecule has 0 aliphatic heterocycles. The van der Waals surface area contributed by atoms with E-state index in [1.807, 2.05) is 38.4 Å². The highest BCUT2D eigenvalue weighted by Crippen LogP contribution is 2.15. The second-order valence-corrected chi connectivity index (χ2v) is 4.09. The first-order valence-electron chi connectivity index (χ1n) is 3.86. The van der Waals surface area contributed by atoms with Crippen LogP contribution in [0.3, 0.4) is 0 Å². The Morgan fingerprint density at radius 1 is 1.46 bits per heavy atom. The number of hydrogen-bond acceptors (Lipinski definition) is 1. The predicted octanol–water partition coefficient (Wildman–Crippen LogP) is 1.80. The van der Waals surface area contributed by atoms with Crippen molar-refractivity contribution in [3.63, 3.8) is 0 Å². The first-order chi connectivity index (χ1) is 6.09. The summed E-state index contributed by atoms with van der Waals surface area (Å²) in [4.78, 5) is 6.01. The molecule has 0 saturated carbocycles. The number of nitrogens with zero attached hydrogens (tertiary/aromatic N) is 2. The van der Waals surface area contributed by atoms with Gasteiger partial charge in [-0.25, -0.2) is 4.99 Å². The van der Waals surface area contributed by atoms with Crippen LogP contribution in [0.1, 0.15) is 0 Å². The Balaban J connectivity index is 2.91. The van der Waals surface area contributed by atoms with Crippen LogP contribution < -0.4 is 5.73 Å². The molecule has 0 aliphatic rings. The summed E-state index contributed by atoms with van der Waals surface area (Å²) in [5.74, 6) is 0.516. The standard InChI is InChI=1S/C9H12IN3/c1-13(2)9(11)12-8-5-3-4-7(10)6-8/h3-6H,1-2H3,(H2,11,12). The molecule has 0 atom stereocenters. The van der Waals surface area contributed by atoms with Crippen molar-refractivity contribution in [2.24, 2.45) is 10.7 Å². The van der Waals surface area contributed by atoms with Crippen molar-refractivity contribution < 1.29 is 0 Å². The third kappa shape index (κ3) is 3.22. The number of nitrogens with two attached hydrogens (primary N) is 1. The van der Waals surface area contributed by atoms with Crippen molar-refractivity contribution in [2.45, 2.75) is 0 Å². The molecular weight excluding hydrogens is 277 g/mol. The van der Waals surface area contributed by atoms with Crippen molar-refractivity contribution in [3.8, 4) is 0 Å². The minimum absolute atomic E-state index is 0.516. The van der Waals surface area contributed by atoms with E-state index in [1.165, 1.54) is 0 Å². The molecule has 3 nitrogen and oxygen atoms in total. The maximum atomic E-state index is 5.67. The van der Waals surface area contributed by atoms with Gasteiger partial charge in [-0.2, -0.15) is 0 Å². The molecule has 1 aromatic rings. The second kappa shape index (κ2) is 4.45. The Labute approximate surface area is 91.8 Å². The topological polar surface area (TPSA) is 41.6 Å². The van der Waals surface area contributed by atoms with E-state index in [0.29, 0.717) is 5.96 Å². The van der Waals surface area contributed by atoms with E-state index in [1.54, 1.807) is 4.90 Å². The largest absolute Gasteiger partial charge is 0.370 e. The molecule has 4 heteroatoms. The van der Waals surface area contributed by atoms with Crippen LogP contribution in [0, 0.1) is 3.57 Å². The van der Waals surface area contributed by atoms with Crippen LogP contribution >= 0.6 is 22.6 Å². The number of rotatable bonds is 1. The zero-order valence-corrected chi connectivity index (χ0v) is 9.82. The Morgan fingerprint density at radius 3 is 2.69 bits per heavy atom. The Kier molecular flexibility index (Phi) is 3.53. The van der Waals surface area contributed by atoms with Crippen LogP contribution in [-0.2, 0) is 0 Å². The van der Waals surface area contributed by atoms with Crippen LogP contribution in [0.2, 0.25) is 0 Å². The highest BCUT2D eigenvalue weighted by atomic mass is 127. The summed E-state index contributed by atoms with van der Waals surface area (Å²) in [5.41, 5.74) is 6.56. The van der Waals surface area contributed by atoms with Crippen LogP contribution in [0.25, 0.3) is 0 Å². The summed E-state index contributed by atoms with van der Waals surface area (Å²) in [6, 6.07) is 7.89. The number of halogens is 1. The average molecular weight is 289 g/mol. The fourth-order valence-electron chi connectivity index (χ4n) is 0.778. The fourth-order valence-corrected chi connectivity index (χ4v) is 1.30. The average Bonchev–Trinajstić information content (AvgIpc) is 2.04. The van der Waals surface area contributed by atoms with Gasteiger partial charge in [0.25, 0.3) is 0 Å². The van der Waals surface area contributed by atoms with Gasteiger partial charge >= 0.3 is 0 Å². The van der Waals surface area contributed by atoms with E-state index < -0.39 is 0 Å². The quantitative estimate of drug-likeness (QED) is 0.486. The molecule has 1 rings (SSSR count). The number of benzene rings is 1. The van der Waals surface area contributed by atoms with Gasteiger partial charge < -0.3 is 10.6 Å². The SMILES string of the molecule is CN(C)C(N)=Nc1cccc(I)c1. The van der Waals surface area contributed by atoms with Gasteiger partial charge in [0.05, 0.1) is 5.69 Å². The molecule has 0 aromatic heterocycles. The summed E-state index contributed by atoms with van der Waals surface area (Å²) >= 11 is 2.25. The lowest BCUT2D eigenvalue weighted by atomic mass is 10.3. The predicted molar refractivity (Wildman–Crippen MR) is 64.1 cm³/mol. The van der Waals surface area contributed by atoms with Crippen LogP contribution in [-0.4, -0.2) is 25.0 Å². The lowest BCUT2D eigenvalue weighted by Gasteiger charge is -2.10. The third-order valence-corrected chi connectivity index (χ3v) is 2.18. The number of hydrogen-bond donors (Lipinski definition) is 1. The molecule has 2 N–H and O–H groups in total. The third-order valence-electron chi connectivity index (χ3n) is 1.51. The lowest BCUT2D eigenvalue weighted by molar-refractivity contribution is 0.615. The van der Waals surface area contributed by atoms with E-state index in [4.69, 9.17) is 5.73 Å². The van der Waals surface area contributed by atoms with Gasteiger partial charge in [0, 0.05) is 17.7 Å². The molecule has 13 heavy (non-hydrogen) atoms. The summed E-state index contributed by atoms with van der Waals surface area (Å²) < 4.78 is 1.16. The fraction of sp³-hybridized carbons (Fsp3) is 0.222. The first-order valence-corrected chi connectivity index (χ1v) is 4.94. The maximum absolute atomic E-state index is 5.67. The smallest absolute Gasteiger partial charge is 0.195 e. The van der Waals surface area contributed by atoms with Gasteiger partial charge in [0.1, 0.15) is 0 Å². The van der Waals surface area contributed by atoms with E-state index in [-0.39, 0.29) is 0 Å². The van der Waals surface area contributed by atoms with Crippen molar-refractivity contribution in [1.29, 1.82) is 0 Å². The summed E-state index contributed by atoms with van der Waals surface area (Å²) in [6.45, 7) is 0. The van der Waals surface area contributed by atoms with Gasteiger partial charge in [-0.3, -0.25) is 0 Å². The molecule has 1 aromatic carbocycles. The molecule has 0 amide bonds. The monoisotopic (exact) mass is 289 g/mol. The Morgan fingerprint density at radius 2 is 2.15 bits per heavy atom. The highest BCUT2D eigenvalue weighted by molar-refractivity contribution is 14.1. The zero-order valence-electron chi connectivity index (χ0n) is 7.66. The van der Waals surface area contributed by atoms with Gasteiger partial charge in [0.2, 0.25) is 0 Å². The van der Waals surface area contributed by atoms with Crippen molar-refractivity contribution >= 4 is 34.2 Å². The molecule has 0 bridgehead atoms. The molecular formula is C9H12IN3. The van der Waals surface area contributed by atoms with E-state index in [9.17, 15) is 0 Å². The first kappa shape index (κ1) is 10.3. The number of aliphatic imine (C=N–C) groups is 1. The lowest BCUT2D eigenvalue weighted by Crippen LogP contribution is -2.29. The van der Waals surface area contributed by atoms with Gasteiger partial charge in [-0.1, -0.05) is 6.07 Å². The van der Waals surface area contributed by atoms with Gasteiger partial charge in [-0.15, -0.1) is 0 Å². The molecule has 0 saturated heterocycles. The van der Waals surface area contributed by atoms with Crippen molar-refractivity contribution in [3.05, 3.63) is 27.8 Å². The summed E-state index contributed by atoms with van der Waals surface area (Å²) in [7, 11) is 3.74.